The van der Waals surface area contributed by atoms with Crippen molar-refractivity contribution < 1.29 is 17.9 Å². The van der Waals surface area contributed by atoms with Crippen LogP contribution in [-0.2, 0) is 6.18 Å². The van der Waals surface area contributed by atoms with Crippen LogP contribution in [0, 0.1) is 0 Å². The topological polar surface area (TPSA) is 50.3 Å². The molecule has 2 aromatic carbocycles. The van der Waals surface area contributed by atoms with Crippen molar-refractivity contribution in [2.45, 2.75) is 13.1 Å². The Morgan fingerprint density at radius 2 is 1.72 bits per heavy atom. The van der Waals surface area contributed by atoms with E-state index in [4.69, 9.17) is 16.3 Å². The number of nitrogens with zero attached hydrogens (tertiary/aromatic N) is 3. The van der Waals surface area contributed by atoms with Crippen molar-refractivity contribution in [3.63, 3.8) is 0 Å². The molecule has 0 bridgehead atoms. The maximum Gasteiger partial charge on any atom is 0.421 e. The van der Waals surface area contributed by atoms with Crippen LogP contribution in [0.5, 0.6) is 5.75 Å². The van der Waals surface area contributed by atoms with Crippen molar-refractivity contribution >= 4 is 34.7 Å². The molecular formula is C20H18ClF3N4O. The number of hydrogen-bond acceptors (Lipinski definition) is 5. The van der Waals surface area contributed by atoms with Gasteiger partial charge >= 0.3 is 6.18 Å². The van der Waals surface area contributed by atoms with Gasteiger partial charge in [0.1, 0.15) is 17.1 Å². The highest BCUT2D eigenvalue weighted by Gasteiger charge is 2.35. The Morgan fingerprint density at radius 3 is 2.31 bits per heavy atom. The zero-order valence-electron chi connectivity index (χ0n) is 15.7. The van der Waals surface area contributed by atoms with Gasteiger partial charge in [0, 0.05) is 29.6 Å². The minimum atomic E-state index is -4.61. The Labute approximate surface area is 171 Å². The van der Waals surface area contributed by atoms with Gasteiger partial charge in [-0.3, -0.25) is 0 Å². The van der Waals surface area contributed by atoms with E-state index in [0.29, 0.717) is 28.8 Å². The van der Waals surface area contributed by atoms with Crippen molar-refractivity contribution in [3.8, 4) is 5.75 Å². The average molecular weight is 423 g/mol. The van der Waals surface area contributed by atoms with Gasteiger partial charge in [0.2, 0.25) is 5.95 Å². The van der Waals surface area contributed by atoms with Crippen LogP contribution in [0.15, 0.2) is 54.7 Å². The molecule has 0 saturated carbocycles. The lowest BCUT2D eigenvalue weighted by molar-refractivity contribution is -0.137. The zero-order valence-corrected chi connectivity index (χ0v) is 16.4. The quantitative estimate of drug-likeness (QED) is 0.523. The number of aromatic nitrogens is 2. The van der Waals surface area contributed by atoms with E-state index < -0.39 is 11.7 Å². The molecule has 0 fully saturated rings. The van der Waals surface area contributed by atoms with Gasteiger partial charge in [-0.1, -0.05) is 11.6 Å². The van der Waals surface area contributed by atoms with Crippen LogP contribution in [0.2, 0.25) is 5.02 Å². The minimum absolute atomic E-state index is 0.110. The van der Waals surface area contributed by atoms with Crippen molar-refractivity contribution in [1.82, 2.24) is 9.97 Å². The lowest BCUT2D eigenvalue weighted by Crippen LogP contribution is -2.17. The first-order chi connectivity index (χ1) is 13.8. The Bertz CT molecular complexity index is 963. The van der Waals surface area contributed by atoms with Crippen molar-refractivity contribution in [3.05, 3.63) is 65.3 Å². The molecule has 0 aliphatic rings. The highest BCUT2D eigenvalue weighted by atomic mass is 35.5. The molecule has 3 rings (SSSR count). The predicted octanol–water partition coefficient (Wildman–Crippen LogP) is 6.06. The third kappa shape index (κ3) is 5.08. The third-order valence-corrected chi connectivity index (χ3v) is 4.28. The summed E-state index contributed by atoms with van der Waals surface area (Å²) >= 11 is 5.83. The van der Waals surface area contributed by atoms with E-state index in [1.807, 2.05) is 6.92 Å². The highest BCUT2D eigenvalue weighted by molar-refractivity contribution is 6.30. The fourth-order valence-corrected chi connectivity index (χ4v) is 2.68. The van der Waals surface area contributed by atoms with Gasteiger partial charge in [0.05, 0.1) is 6.61 Å². The van der Waals surface area contributed by atoms with Gasteiger partial charge in [0.15, 0.2) is 0 Å². The molecule has 0 atom stereocenters. The summed E-state index contributed by atoms with van der Waals surface area (Å²) in [5.41, 5.74) is 0.162. The highest BCUT2D eigenvalue weighted by Crippen LogP contribution is 2.36. The molecule has 0 aliphatic heterocycles. The van der Waals surface area contributed by atoms with Crippen LogP contribution in [0.25, 0.3) is 0 Å². The number of anilines is 4. The van der Waals surface area contributed by atoms with Crippen LogP contribution < -0.4 is 15.0 Å². The number of hydrogen-bond donors (Lipinski definition) is 1. The van der Waals surface area contributed by atoms with Gasteiger partial charge in [-0.2, -0.15) is 18.2 Å². The van der Waals surface area contributed by atoms with E-state index >= 15 is 0 Å². The SMILES string of the molecule is CCOc1ccc(N(C)c2ncc(C(F)(F)F)c(Nc3ccc(Cl)cc3)n2)cc1. The normalized spacial score (nSPS) is 11.2. The second-order valence-corrected chi connectivity index (χ2v) is 6.48. The van der Waals surface area contributed by atoms with Gasteiger partial charge in [-0.15, -0.1) is 0 Å². The van der Waals surface area contributed by atoms with Crippen molar-refractivity contribution in [2.75, 3.05) is 23.9 Å². The summed E-state index contributed by atoms with van der Waals surface area (Å²) < 4.78 is 45.7. The van der Waals surface area contributed by atoms with Crippen LogP contribution in [0.1, 0.15) is 12.5 Å². The zero-order chi connectivity index (χ0) is 21.0. The van der Waals surface area contributed by atoms with E-state index in [0.717, 1.165) is 6.20 Å². The number of alkyl halides is 3. The maximum absolute atomic E-state index is 13.4. The summed E-state index contributed by atoms with van der Waals surface area (Å²) in [6.07, 6.45) is -3.84. The van der Waals surface area contributed by atoms with Crippen molar-refractivity contribution in [2.24, 2.45) is 0 Å². The van der Waals surface area contributed by atoms with Crippen LogP contribution in [-0.4, -0.2) is 23.6 Å². The summed E-state index contributed by atoms with van der Waals surface area (Å²) in [5.74, 6) is 0.462. The molecule has 1 heterocycles. The molecule has 0 saturated heterocycles. The summed E-state index contributed by atoms with van der Waals surface area (Å²) in [4.78, 5) is 9.60. The van der Waals surface area contributed by atoms with Gasteiger partial charge in [-0.25, -0.2) is 4.98 Å². The minimum Gasteiger partial charge on any atom is -0.494 e. The van der Waals surface area contributed by atoms with Crippen LogP contribution in [0.3, 0.4) is 0 Å². The molecule has 0 unspecified atom stereocenters. The summed E-state index contributed by atoms with van der Waals surface area (Å²) in [7, 11) is 1.67. The van der Waals surface area contributed by atoms with E-state index in [1.54, 1.807) is 60.5 Å². The molecule has 1 aromatic heterocycles. The molecule has 1 N–H and O–H groups in total. The fraction of sp³-hybridized carbons (Fsp3) is 0.200. The van der Waals surface area contributed by atoms with Gasteiger partial charge in [0.25, 0.3) is 0 Å². The fourth-order valence-electron chi connectivity index (χ4n) is 2.55. The Kier molecular flexibility index (Phi) is 6.12. The Balaban J connectivity index is 1.94. The average Bonchev–Trinajstić information content (AvgIpc) is 2.69. The molecule has 0 amide bonds. The number of ether oxygens (including phenoxy) is 1. The summed E-state index contributed by atoms with van der Waals surface area (Å²) in [6.45, 7) is 2.42. The van der Waals surface area contributed by atoms with E-state index in [9.17, 15) is 13.2 Å². The predicted molar refractivity (Wildman–Crippen MR) is 107 cm³/mol. The molecule has 9 heteroatoms. The van der Waals surface area contributed by atoms with Gasteiger partial charge in [-0.05, 0) is 55.5 Å². The Morgan fingerprint density at radius 1 is 1.07 bits per heavy atom. The molecule has 0 aliphatic carbocycles. The molecular weight excluding hydrogens is 405 g/mol. The second-order valence-electron chi connectivity index (χ2n) is 6.05. The molecule has 5 nitrogen and oxygen atoms in total. The summed E-state index contributed by atoms with van der Waals surface area (Å²) in [5, 5.41) is 3.18. The smallest absolute Gasteiger partial charge is 0.421 e. The van der Waals surface area contributed by atoms with E-state index in [1.165, 1.54) is 0 Å². The monoisotopic (exact) mass is 422 g/mol. The largest absolute Gasteiger partial charge is 0.494 e. The number of rotatable bonds is 6. The molecule has 29 heavy (non-hydrogen) atoms. The molecule has 0 radical (unpaired) electrons. The van der Waals surface area contributed by atoms with Crippen LogP contribution >= 0.6 is 11.6 Å². The molecule has 3 aromatic rings. The van der Waals surface area contributed by atoms with E-state index in [2.05, 4.69) is 15.3 Å². The maximum atomic E-state index is 13.4. The third-order valence-electron chi connectivity index (χ3n) is 4.02. The molecule has 152 valence electrons. The first-order valence-electron chi connectivity index (χ1n) is 8.71. The van der Waals surface area contributed by atoms with Crippen molar-refractivity contribution in [1.29, 1.82) is 0 Å². The van der Waals surface area contributed by atoms with E-state index in [-0.39, 0.29) is 11.8 Å². The lowest BCUT2D eigenvalue weighted by atomic mass is 10.2. The summed E-state index contributed by atoms with van der Waals surface area (Å²) in [6, 6.07) is 13.4. The number of nitrogens with one attached hydrogen (secondary N) is 1. The standard InChI is InChI=1S/C20H18ClF3N4O/c1-3-29-16-10-8-15(9-11-16)28(2)19-25-12-17(20(22,23)24)18(27-19)26-14-6-4-13(21)5-7-14/h4-12H,3H2,1-2H3,(H,25,26,27). The second kappa shape index (κ2) is 8.57. The number of benzene rings is 2. The van der Waals surface area contributed by atoms with Crippen LogP contribution in [0.4, 0.5) is 36.3 Å². The first-order valence-corrected chi connectivity index (χ1v) is 9.09. The number of halogens is 4. The molecule has 0 spiro atoms. The first kappa shape index (κ1) is 20.7. The Hall–Kier alpha value is -3.00. The lowest BCUT2D eigenvalue weighted by Gasteiger charge is -2.20. The van der Waals surface area contributed by atoms with Gasteiger partial charge < -0.3 is 15.0 Å².